The van der Waals surface area contributed by atoms with Gasteiger partial charge in [0.15, 0.2) is 5.82 Å². The number of aryl methyl sites for hydroxylation is 1. The molecule has 0 amide bonds. The second-order valence-electron chi connectivity index (χ2n) is 6.44. The predicted molar refractivity (Wildman–Crippen MR) is 94.2 cm³/mol. The maximum atomic E-state index is 13.3. The van der Waals surface area contributed by atoms with Crippen molar-refractivity contribution in [3.05, 3.63) is 77.1 Å². The average Bonchev–Trinajstić information content (AvgIpc) is 2.65. The number of pyridine rings is 1. The number of fused-ring (bicyclic) bond motifs is 1. The minimum atomic E-state index is -0.394. The van der Waals surface area contributed by atoms with Crippen LogP contribution in [0, 0.1) is 12.9 Å². The molecular formula is C20H19FN4. The fourth-order valence-electron chi connectivity index (χ4n) is 3.20. The molecule has 4 nitrogen and oxygen atoms in total. The molecule has 4 rings (SSSR count). The molecule has 0 saturated heterocycles. The minimum Gasteiger partial charge on any atom is -0.294 e. The Kier molecular flexibility index (Phi) is 4.24. The van der Waals surface area contributed by atoms with Crippen molar-refractivity contribution in [2.75, 3.05) is 6.54 Å². The summed E-state index contributed by atoms with van der Waals surface area (Å²) in [5.41, 5.74) is 4.95. The fraction of sp³-hybridized carbons (Fsp3) is 0.250. The van der Waals surface area contributed by atoms with Crippen LogP contribution in [0.5, 0.6) is 0 Å². The van der Waals surface area contributed by atoms with Crippen LogP contribution in [0.2, 0.25) is 0 Å². The van der Waals surface area contributed by atoms with E-state index in [1.807, 2.05) is 42.6 Å². The molecule has 0 atom stereocenters. The molecule has 0 saturated carbocycles. The Balaban J connectivity index is 1.51. The summed E-state index contributed by atoms with van der Waals surface area (Å²) in [6, 6.07) is 11.9. The van der Waals surface area contributed by atoms with Gasteiger partial charge in [0.2, 0.25) is 5.95 Å². The van der Waals surface area contributed by atoms with Crippen LogP contribution in [0.4, 0.5) is 4.39 Å². The quantitative estimate of drug-likeness (QED) is 0.687. The van der Waals surface area contributed by atoms with Crippen molar-refractivity contribution in [2.24, 2.45) is 0 Å². The van der Waals surface area contributed by atoms with E-state index in [9.17, 15) is 4.39 Å². The number of benzene rings is 1. The smallest absolute Gasteiger partial charge is 0.215 e. The maximum absolute atomic E-state index is 13.3. The highest BCUT2D eigenvalue weighted by Gasteiger charge is 2.19. The Morgan fingerprint density at radius 1 is 1.12 bits per heavy atom. The SMILES string of the molecule is Cc1cc(CN2CCc3nc(-c4ccccc4)ncc3C2)cnc1F. The zero-order valence-electron chi connectivity index (χ0n) is 14.1. The standard InChI is InChI=1S/C20H19FN4/c1-14-9-15(10-22-19(14)21)12-25-8-7-18-17(13-25)11-23-20(24-18)16-5-3-2-4-6-16/h2-6,9-11H,7-8,12-13H2,1H3. The molecule has 25 heavy (non-hydrogen) atoms. The van der Waals surface area contributed by atoms with E-state index in [1.165, 1.54) is 0 Å². The molecule has 1 aliphatic rings. The van der Waals surface area contributed by atoms with Crippen molar-refractivity contribution in [2.45, 2.75) is 26.4 Å². The van der Waals surface area contributed by atoms with Gasteiger partial charge in [0.25, 0.3) is 0 Å². The molecule has 0 bridgehead atoms. The highest BCUT2D eigenvalue weighted by Crippen LogP contribution is 2.22. The summed E-state index contributed by atoms with van der Waals surface area (Å²) >= 11 is 0. The fourth-order valence-corrected chi connectivity index (χ4v) is 3.20. The molecule has 0 fully saturated rings. The van der Waals surface area contributed by atoms with Gasteiger partial charge in [-0.05, 0) is 18.6 Å². The molecule has 3 aromatic rings. The van der Waals surface area contributed by atoms with Gasteiger partial charge in [-0.2, -0.15) is 4.39 Å². The zero-order valence-corrected chi connectivity index (χ0v) is 14.1. The molecule has 3 heterocycles. The van der Waals surface area contributed by atoms with Gasteiger partial charge >= 0.3 is 0 Å². The van der Waals surface area contributed by atoms with Gasteiger partial charge in [-0.25, -0.2) is 15.0 Å². The van der Waals surface area contributed by atoms with Crippen molar-refractivity contribution in [3.8, 4) is 11.4 Å². The van der Waals surface area contributed by atoms with E-state index in [4.69, 9.17) is 4.98 Å². The number of rotatable bonds is 3. The van der Waals surface area contributed by atoms with Gasteiger partial charge in [0.1, 0.15) is 0 Å². The van der Waals surface area contributed by atoms with Gasteiger partial charge in [-0.15, -0.1) is 0 Å². The van der Waals surface area contributed by atoms with E-state index in [0.29, 0.717) is 5.56 Å². The molecule has 1 aromatic carbocycles. The summed E-state index contributed by atoms with van der Waals surface area (Å²) in [4.78, 5) is 15.4. The van der Waals surface area contributed by atoms with E-state index >= 15 is 0 Å². The summed E-state index contributed by atoms with van der Waals surface area (Å²) in [5, 5.41) is 0. The molecule has 0 radical (unpaired) electrons. The lowest BCUT2D eigenvalue weighted by atomic mass is 10.1. The summed E-state index contributed by atoms with van der Waals surface area (Å²) in [5.74, 6) is 0.390. The van der Waals surface area contributed by atoms with Gasteiger partial charge < -0.3 is 0 Å². The zero-order chi connectivity index (χ0) is 17.2. The first-order valence-corrected chi connectivity index (χ1v) is 8.42. The largest absolute Gasteiger partial charge is 0.294 e. The highest BCUT2D eigenvalue weighted by molar-refractivity contribution is 5.54. The van der Waals surface area contributed by atoms with E-state index in [1.54, 1.807) is 13.1 Å². The Morgan fingerprint density at radius 3 is 2.76 bits per heavy atom. The first-order valence-electron chi connectivity index (χ1n) is 8.42. The Labute approximate surface area is 146 Å². The monoisotopic (exact) mass is 334 g/mol. The summed E-state index contributed by atoms with van der Waals surface area (Å²) in [7, 11) is 0. The number of halogens is 1. The van der Waals surface area contributed by atoms with Crippen LogP contribution in [0.3, 0.4) is 0 Å². The minimum absolute atomic E-state index is 0.394. The van der Waals surface area contributed by atoms with Gasteiger partial charge in [-0.1, -0.05) is 30.3 Å². The predicted octanol–water partition coefficient (Wildman–Crippen LogP) is 3.54. The van der Waals surface area contributed by atoms with Crippen LogP contribution in [0.25, 0.3) is 11.4 Å². The Hall–Kier alpha value is -2.66. The van der Waals surface area contributed by atoms with E-state index in [-0.39, 0.29) is 0 Å². The number of aromatic nitrogens is 3. The Bertz CT molecular complexity index is 895. The lowest BCUT2D eigenvalue weighted by Gasteiger charge is -2.28. The Morgan fingerprint density at radius 2 is 1.96 bits per heavy atom. The van der Waals surface area contributed by atoms with Gasteiger partial charge in [0.05, 0.1) is 5.69 Å². The third-order valence-electron chi connectivity index (χ3n) is 4.52. The molecule has 1 aliphatic heterocycles. The first kappa shape index (κ1) is 15.8. The lowest BCUT2D eigenvalue weighted by molar-refractivity contribution is 0.242. The summed E-state index contributed by atoms with van der Waals surface area (Å²) in [6.07, 6.45) is 4.45. The van der Waals surface area contributed by atoms with Crippen molar-refractivity contribution < 1.29 is 4.39 Å². The second kappa shape index (κ2) is 6.69. The topological polar surface area (TPSA) is 41.9 Å². The summed E-state index contributed by atoms with van der Waals surface area (Å²) < 4.78 is 13.3. The van der Waals surface area contributed by atoms with E-state index in [2.05, 4.69) is 14.9 Å². The average molecular weight is 334 g/mol. The van der Waals surface area contributed by atoms with E-state index in [0.717, 1.165) is 54.3 Å². The third kappa shape index (κ3) is 3.42. The van der Waals surface area contributed by atoms with Crippen molar-refractivity contribution >= 4 is 0 Å². The van der Waals surface area contributed by atoms with Crippen LogP contribution in [0.1, 0.15) is 22.4 Å². The van der Waals surface area contributed by atoms with Gasteiger partial charge in [0, 0.05) is 55.1 Å². The maximum Gasteiger partial charge on any atom is 0.215 e. The first-order chi connectivity index (χ1) is 12.2. The van der Waals surface area contributed by atoms with Crippen LogP contribution in [-0.2, 0) is 19.5 Å². The van der Waals surface area contributed by atoms with Crippen LogP contribution < -0.4 is 0 Å². The molecular weight excluding hydrogens is 315 g/mol. The van der Waals surface area contributed by atoms with Crippen molar-refractivity contribution in [1.82, 2.24) is 19.9 Å². The third-order valence-corrected chi connectivity index (χ3v) is 4.52. The molecule has 5 heteroatoms. The molecule has 0 aliphatic carbocycles. The van der Waals surface area contributed by atoms with Crippen LogP contribution in [0.15, 0.2) is 48.8 Å². The van der Waals surface area contributed by atoms with Crippen molar-refractivity contribution in [1.29, 1.82) is 0 Å². The molecule has 0 N–H and O–H groups in total. The van der Waals surface area contributed by atoms with Crippen LogP contribution in [-0.4, -0.2) is 26.4 Å². The second-order valence-corrected chi connectivity index (χ2v) is 6.44. The van der Waals surface area contributed by atoms with Crippen LogP contribution >= 0.6 is 0 Å². The molecule has 0 unspecified atom stereocenters. The lowest BCUT2D eigenvalue weighted by Crippen LogP contribution is -2.31. The number of hydrogen-bond acceptors (Lipinski definition) is 4. The van der Waals surface area contributed by atoms with E-state index < -0.39 is 5.95 Å². The van der Waals surface area contributed by atoms with Gasteiger partial charge in [-0.3, -0.25) is 4.90 Å². The molecule has 126 valence electrons. The number of nitrogens with zero attached hydrogens (tertiary/aromatic N) is 4. The molecule has 0 spiro atoms. The van der Waals surface area contributed by atoms with Crippen molar-refractivity contribution in [3.63, 3.8) is 0 Å². The summed E-state index contributed by atoms with van der Waals surface area (Å²) in [6.45, 7) is 4.24. The normalized spacial score (nSPS) is 14.3. The molecule has 2 aromatic heterocycles. The highest BCUT2D eigenvalue weighted by atomic mass is 19.1. The number of hydrogen-bond donors (Lipinski definition) is 0.